The molecule has 1 N–H and O–H groups in total. The van der Waals surface area contributed by atoms with Crippen LogP contribution in [0.25, 0.3) is 11.5 Å². The lowest BCUT2D eigenvalue weighted by Gasteiger charge is -2.32. The lowest BCUT2D eigenvalue weighted by molar-refractivity contribution is 0.165. The summed E-state index contributed by atoms with van der Waals surface area (Å²) in [6, 6.07) is 0. The molecule has 3 aromatic rings. The first-order valence-corrected chi connectivity index (χ1v) is 9.63. The second-order valence-electron chi connectivity index (χ2n) is 6.74. The molecule has 25 heavy (non-hydrogen) atoms. The number of piperidine rings is 1. The van der Waals surface area contributed by atoms with Crippen LogP contribution in [0, 0.1) is 12.8 Å². The van der Waals surface area contributed by atoms with Crippen LogP contribution in [0.1, 0.15) is 29.9 Å². The Morgan fingerprint density at radius 3 is 3.00 bits per heavy atom. The van der Waals surface area contributed by atoms with E-state index in [9.17, 15) is 0 Å². The Hall–Kier alpha value is -2.12. The van der Waals surface area contributed by atoms with Gasteiger partial charge in [-0.2, -0.15) is 0 Å². The number of hydrogen-bond donors (Lipinski definition) is 1. The highest BCUT2D eigenvalue weighted by Gasteiger charge is 2.21. The summed E-state index contributed by atoms with van der Waals surface area (Å²) in [6.45, 7) is 5.21. The van der Waals surface area contributed by atoms with Gasteiger partial charge in [-0.1, -0.05) is 0 Å². The first-order chi connectivity index (χ1) is 12.3. The van der Waals surface area contributed by atoms with E-state index in [0.717, 1.165) is 49.0 Å². The van der Waals surface area contributed by atoms with E-state index in [0.29, 0.717) is 5.92 Å². The Balaban J connectivity index is 1.41. The average molecular weight is 354 g/mol. The summed E-state index contributed by atoms with van der Waals surface area (Å²) in [5, 5.41) is 2.14. The largest absolute Gasteiger partial charge is 0.341 e. The normalized spacial score (nSPS) is 18.5. The van der Waals surface area contributed by atoms with Gasteiger partial charge in [-0.3, -0.25) is 9.88 Å². The molecule has 1 saturated heterocycles. The van der Waals surface area contributed by atoms with E-state index in [1.807, 2.05) is 24.8 Å². The van der Waals surface area contributed by atoms with Gasteiger partial charge in [0, 0.05) is 36.6 Å². The second-order valence-corrected chi connectivity index (χ2v) is 7.46. The average Bonchev–Trinajstić information content (AvgIpc) is 3.27. The summed E-state index contributed by atoms with van der Waals surface area (Å²) < 4.78 is 0. The quantitative estimate of drug-likeness (QED) is 0.762. The number of aromatic amines is 1. The number of likely N-dealkylation sites (tertiary alicyclic amines) is 1. The molecule has 0 radical (unpaired) electrons. The van der Waals surface area contributed by atoms with E-state index >= 15 is 0 Å². The molecule has 6 nitrogen and oxygen atoms in total. The van der Waals surface area contributed by atoms with Gasteiger partial charge in [-0.05, 0) is 38.6 Å². The molecule has 1 aliphatic rings. The highest BCUT2D eigenvalue weighted by atomic mass is 32.1. The Bertz CT molecular complexity index is 813. The molecule has 1 fully saturated rings. The molecule has 4 rings (SSSR count). The van der Waals surface area contributed by atoms with Crippen LogP contribution in [0.3, 0.4) is 0 Å². The molecule has 4 heterocycles. The molecular weight excluding hydrogens is 332 g/mol. The van der Waals surface area contributed by atoms with Crippen molar-refractivity contribution >= 4 is 11.3 Å². The number of aryl methyl sites for hydroxylation is 1. The van der Waals surface area contributed by atoms with Gasteiger partial charge in [0.2, 0.25) is 0 Å². The molecular formula is C18H22N6S. The molecule has 0 spiro atoms. The van der Waals surface area contributed by atoms with E-state index in [2.05, 4.69) is 30.2 Å². The maximum atomic E-state index is 4.77. The predicted octanol–water partition coefficient (Wildman–Crippen LogP) is 3.09. The number of hydrogen-bond acceptors (Lipinski definition) is 6. The van der Waals surface area contributed by atoms with Gasteiger partial charge in [0.15, 0.2) is 5.82 Å². The minimum Gasteiger partial charge on any atom is -0.341 e. The first kappa shape index (κ1) is 16.4. The third-order valence-electron chi connectivity index (χ3n) is 4.60. The number of imidazole rings is 1. The third kappa shape index (κ3) is 4.11. The number of nitrogens with zero attached hydrogens (tertiary/aromatic N) is 5. The van der Waals surface area contributed by atoms with E-state index in [1.54, 1.807) is 17.5 Å². The van der Waals surface area contributed by atoms with Gasteiger partial charge in [0.25, 0.3) is 0 Å². The van der Waals surface area contributed by atoms with Crippen molar-refractivity contribution in [2.24, 2.45) is 5.92 Å². The maximum absolute atomic E-state index is 4.77. The fourth-order valence-corrected chi connectivity index (χ4v) is 4.01. The van der Waals surface area contributed by atoms with Gasteiger partial charge in [-0.25, -0.2) is 15.0 Å². The van der Waals surface area contributed by atoms with Crippen LogP contribution in [0.2, 0.25) is 0 Å². The lowest BCUT2D eigenvalue weighted by atomic mass is 9.93. The molecule has 0 saturated carbocycles. The predicted molar refractivity (Wildman–Crippen MR) is 98.2 cm³/mol. The molecule has 0 unspecified atom stereocenters. The van der Waals surface area contributed by atoms with Crippen LogP contribution in [0.5, 0.6) is 0 Å². The first-order valence-electron chi connectivity index (χ1n) is 8.68. The second kappa shape index (κ2) is 7.41. The van der Waals surface area contributed by atoms with E-state index in [1.165, 1.54) is 18.5 Å². The third-order valence-corrected chi connectivity index (χ3v) is 5.24. The maximum Gasteiger partial charge on any atom is 0.157 e. The van der Waals surface area contributed by atoms with Crippen molar-refractivity contribution < 1.29 is 0 Å². The zero-order valence-electron chi connectivity index (χ0n) is 14.4. The minimum absolute atomic E-state index is 0.621. The molecule has 0 aromatic carbocycles. The van der Waals surface area contributed by atoms with Crippen LogP contribution >= 0.6 is 11.3 Å². The zero-order chi connectivity index (χ0) is 17.1. The summed E-state index contributed by atoms with van der Waals surface area (Å²) in [6.07, 6.45) is 8.93. The topological polar surface area (TPSA) is 70.6 Å². The molecule has 0 amide bonds. The van der Waals surface area contributed by atoms with E-state index in [4.69, 9.17) is 4.98 Å². The van der Waals surface area contributed by atoms with Gasteiger partial charge in [0.1, 0.15) is 5.69 Å². The fourth-order valence-electron chi connectivity index (χ4n) is 3.46. The van der Waals surface area contributed by atoms with Crippen molar-refractivity contribution in [1.29, 1.82) is 0 Å². The summed E-state index contributed by atoms with van der Waals surface area (Å²) in [5.41, 5.74) is 5.99. The Morgan fingerprint density at radius 1 is 1.24 bits per heavy atom. The number of thiazole rings is 1. The molecule has 1 atom stereocenters. The van der Waals surface area contributed by atoms with Crippen molar-refractivity contribution in [3.05, 3.63) is 46.6 Å². The van der Waals surface area contributed by atoms with E-state index < -0.39 is 0 Å². The summed E-state index contributed by atoms with van der Waals surface area (Å²) in [5.74, 6) is 1.41. The molecule has 1 aliphatic heterocycles. The standard InChI is InChI=1S/C18H22N6S/c1-13-6-20-18(22-13)17-8-19-7-15(23-17)5-14-3-2-4-24(9-14)10-16-11-25-12-21-16/h6-8,11-12,14H,2-5,9-10H2,1H3,(H,20,22)/t14-/m0/s1. The molecule has 0 aliphatic carbocycles. The minimum atomic E-state index is 0.621. The fraction of sp³-hybridized carbons (Fsp3) is 0.444. The highest BCUT2D eigenvalue weighted by molar-refractivity contribution is 7.07. The number of H-pyrrole nitrogens is 1. The summed E-state index contributed by atoms with van der Waals surface area (Å²) >= 11 is 1.67. The highest BCUT2D eigenvalue weighted by Crippen LogP contribution is 2.22. The van der Waals surface area contributed by atoms with E-state index in [-0.39, 0.29) is 0 Å². The number of aromatic nitrogens is 5. The van der Waals surface area contributed by atoms with Gasteiger partial charge >= 0.3 is 0 Å². The van der Waals surface area contributed by atoms with Crippen molar-refractivity contribution in [3.63, 3.8) is 0 Å². The SMILES string of the molecule is Cc1cnc(-c2cncc(C[C@@H]3CCCN(Cc4cscn4)C3)n2)[nH]1. The molecule has 7 heteroatoms. The van der Waals surface area contributed by atoms with Gasteiger partial charge in [0.05, 0.1) is 23.1 Å². The van der Waals surface area contributed by atoms with Crippen molar-refractivity contribution in [3.8, 4) is 11.5 Å². The Morgan fingerprint density at radius 2 is 2.20 bits per heavy atom. The van der Waals surface area contributed by atoms with Crippen molar-refractivity contribution in [1.82, 2.24) is 29.8 Å². The Labute approximate surface area is 151 Å². The smallest absolute Gasteiger partial charge is 0.157 e. The summed E-state index contributed by atoms with van der Waals surface area (Å²) in [4.78, 5) is 23.6. The van der Waals surface area contributed by atoms with Crippen LogP contribution in [-0.4, -0.2) is 42.9 Å². The molecule has 130 valence electrons. The lowest BCUT2D eigenvalue weighted by Crippen LogP contribution is -2.35. The van der Waals surface area contributed by atoms with Crippen molar-refractivity contribution in [2.45, 2.75) is 32.7 Å². The van der Waals surface area contributed by atoms with Crippen molar-refractivity contribution in [2.75, 3.05) is 13.1 Å². The monoisotopic (exact) mass is 354 g/mol. The van der Waals surface area contributed by atoms with Gasteiger partial charge < -0.3 is 4.98 Å². The molecule has 3 aromatic heterocycles. The van der Waals surface area contributed by atoms with Gasteiger partial charge in [-0.15, -0.1) is 11.3 Å². The van der Waals surface area contributed by atoms with Crippen LogP contribution in [0.4, 0.5) is 0 Å². The molecule has 0 bridgehead atoms. The van der Waals surface area contributed by atoms with Crippen LogP contribution < -0.4 is 0 Å². The number of nitrogens with one attached hydrogen (secondary N) is 1. The number of rotatable bonds is 5. The summed E-state index contributed by atoms with van der Waals surface area (Å²) in [7, 11) is 0. The zero-order valence-corrected chi connectivity index (χ0v) is 15.2. The Kier molecular flexibility index (Phi) is 4.85. The van der Waals surface area contributed by atoms with Crippen LogP contribution in [-0.2, 0) is 13.0 Å². The van der Waals surface area contributed by atoms with Crippen LogP contribution in [0.15, 0.2) is 29.5 Å².